The summed E-state index contributed by atoms with van der Waals surface area (Å²) in [5, 5.41) is 30.3. The van der Waals surface area contributed by atoms with E-state index in [0.29, 0.717) is 23.4 Å². The number of aliphatic hydroxyl groups is 1. The molecule has 0 spiro atoms. The van der Waals surface area contributed by atoms with Gasteiger partial charge in [-0.15, -0.1) is 0 Å². The molecule has 1 fully saturated rings. The Morgan fingerprint density at radius 2 is 2.13 bits per heavy atom. The zero-order chi connectivity index (χ0) is 21.4. The van der Waals surface area contributed by atoms with Gasteiger partial charge in [0.15, 0.2) is 18.9 Å². The summed E-state index contributed by atoms with van der Waals surface area (Å²) in [7, 11) is 0. The van der Waals surface area contributed by atoms with E-state index < -0.39 is 29.3 Å². The monoisotopic (exact) mass is 421 g/mol. The van der Waals surface area contributed by atoms with Crippen molar-refractivity contribution in [2.24, 2.45) is 5.92 Å². The molecule has 8 heteroatoms. The number of amides is 1. The molecule has 4 rings (SSSR count). The number of β-lactam (4-membered cyclic amide) rings is 1. The third-order valence-corrected chi connectivity index (χ3v) is 6.70. The maximum atomic E-state index is 12.4. The van der Waals surface area contributed by atoms with Crippen molar-refractivity contribution in [2.75, 3.05) is 0 Å². The van der Waals surface area contributed by atoms with Crippen LogP contribution in [-0.4, -0.2) is 33.4 Å². The Bertz CT molecular complexity index is 1110. The van der Waals surface area contributed by atoms with E-state index in [-0.39, 0.29) is 5.70 Å². The molecular formula is C22H19N3O4S. The summed E-state index contributed by atoms with van der Waals surface area (Å²) in [6.45, 7) is 2.01. The topological polar surface area (TPSA) is 108 Å². The lowest BCUT2D eigenvalue weighted by Crippen LogP contribution is -2.61. The number of hydrogen-bond acceptors (Lipinski definition) is 6. The molecule has 1 saturated heterocycles. The van der Waals surface area contributed by atoms with Crippen LogP contribution in [0.5, 0.6) is 0 Å². The Balaban J connectivity index is 1.72. The number of carbonyl (C=O) groups excluding carboxylic acids is 2. The molecule has 152 valence electrons. The first-order valence-electron chi connectivity index (χ1n) is 9.49. The molecule has 1 aromatic carbocycles. The maximum absolute atomic E-state index is 12.4. The zero-order valence-corrected chi connectivity index (χ0v) is 17.0. The molecule has 3 heterocycles. The highest BCUT2D eigenvalue weighted by Crippen LogP contribution is 2.53. The van der Waals surface area contributed by atoms with E-state index in [2.05, 4.69) is 6.07 Å². The van der Waals surface area contributed by atoms with E-state index in [1.165, 1.54) is 23.6 Å². The summed E-state index contributed by atoms with van der Waals surface area (Å²) in [4.78, 5) is 26.1. The molecule has 0 bridgehead atoms. The van der Waals surface area contributed by atoms with E-state index in [4.69, 9.17) is 5.26 Å². The Kier molecular flexibility index (Phi) is 5.33. The Hall–Kier alpha value is -3.15. The number of hydrogen-bond donors (Lipinski definition) is 1. The number of aromatic nitrogens is 1. The fourth-order valence-electron chi connectivity index (χ4n) is 3.91. The number of carbonyl (C=O) groups is 2. The van der Waals surface area contributed by atoms with Crippen LogP contribution in [0.1, 0.15) is 23.6 Å². The number of nitriles is 1. The van der Waals surface area contributed by atoms with Crippen LogP contribution in [0.4, 0.5) is 0 Å². The van der Waals surface area contributed by atoms with Crippen LogP contribution in [0.15, 0.2) is 54.5 Å². The molecule has 0 saturated carbocycles. The molecular weight excluding hydrogens is 402 g/mol. The first-order valence-corrected chi connectivity index (χ1v) is 10.4. The normalized spacial score (nSPS) is 21.1. The number of thioether (sulfide) groups is 1. The SMILES string of the molecule is C[C@@H](O)[C@H]1C(=O)N2C(C(=O)[O-])=C(c3ccccc3C[n+]3cccc(CC#N)c3)S[C@H]12. The standard InChI is InChI=1S/C22H19N3O4S/c1-13(26)17-20(27)25-18(22(28)29)19(30-21(17)25)16-7-3-2-6-15(16)12-24-10-4-5-14(11-24)8-9-23/h2-7,10-11,13,17,21,26H,8,12H2,1H3/t13-,17+,21-/m1/s1. The van der Waals surface area contributed by atoms with Gasteiger partial charge in [-0.3, -0.25) is 9.69 Å². The second-order valence-electron chi connectivity index (χ2n) is 7.32. The highest BCUT2D eigenvalue weighted by atomic mass is 32.2. The molecule has 30 heavy (non-hydrogen) atoms. The number of nitrogens with zero attached hydrogens (tertiary/aromatic N) is 3. The number of aliphatic carboxylic acids is 1. The van der Waals surface area contributed by atoms with Crippen molar-refractivity contribution in [1.82, 2.24) is 4.90 Å². The fraction of sp³-hybridized carbons (Fsp3) is 0.273. The fourth-order valence-corrected chi connectivity index (χ4v) is 5.58. The molecule has 1 amide bonds. The number of rotatable bonds is 6. The van der Waals surface area contributed by atoms with Crippen LogP contribution in [0.25, 0.3) is 4.91 Å². The van der Waals surface area contributed by atoms with Crippen molar-refractivity contribution in [1.29, 1.82) is 5.26 Å². The number of fused-ring (bicyclic) bond motifs is 1. The lowest BCUT2D eigenvalue weighted by atomic mass is 9.92. The van der Waals surface area contributed by atoms with E-state index in [1.807, 2.05) is 53.4 Å². The highest BCUT2D eigenvalue weighted by molar-refractivity contribution is 8.09. The van der Waals surface area contributed by atoms with Gasteiger partial charge in [0.1, 0.15) is 5.37 Å². The average molecular weight is 421 g/mol. The molecule has 2 aliphatic heterocycles. The van der Waals surface area contributed by atoms with Gasteiger partial charge in [-0.1, -0.05) is 36.0 Å². The summed E-state index contributed by atoms with van der Waals surface area (Å²) in [5.74, 6) is -2.44. The van der Waals surface area contributed by atoms with Crippen molar-refractivity contribution >= 4 is 28.5 Å². The van der Waals surface area contributed by atoms with Gasteiger partial charge >= 0.3 is 0 Å². The van der Waals surface area contributed by atoms with Crippen LogP contribution in [0.2, 0.25) is 0 Å². The maximum Gasteiger partial charge on any atom is 0.236 e. The van der Waals surface area contributed by atoms with Crippen LogP contribution < -0.4 is 9.67 Å². The van der Waals surface area contributed by atoms with Crippen LogP contribution in [0, 0.1) is 17.2 Å². The Morgan fingerprint density at radius 3 is 2.83 bits per heavy atom. The van der Waals surface area contributed by atoms with Gasteiger partial charge in [0.2, 0.25) is 5.91 Å². The number of aliphatic hydroxyl groups excluding tert-OH is 1. The summed E-state index contributed by atoms with van der Waals surface area (Å²) >= 11 is 1.28. The van der Waals surface area contributed by atoms with Gasteiger partial charge in [0.05, 0.1) is 36.2 Å². The summed E-state index contributed by atoms with van der Waals surface area (Å²) in [5.41, 5.74) is 2.34. The van der Waals surface area contributed by atoms with Crippen LogP contribution in [-0.2, 0) is 22.6 Å². The minimum atomic E-state index is -1.41. The van der Waals surface area contributed by atoms with Gasteiger partial charge < -0.3 is 15.0 Å². The van der Waals surface area contributed by atoms with Crippen molar-refractivity contribution in [3.05, 3.63) is 71.2 Å². The van der Waals surface area contributed by atoms with Crippen LogP contribution >= 0.6 is 11.8 Å². The first-order chi connectivity index (χ1) is 14.4. The largest absolute Gasteiger partial charge is 0.543 e. The first kappa shape index (κ1) is 20.1. The van der Waals surface area contributed by atoms with Crippen molar-refractivity contribution in [3.8, 4) is 6.07 Å². The predicted molar refractivity (Wildman–Crippen MR) is 107 cm³/mol. The minimum absolute atomic E-state index is 0.136. The quantitative estimate of drug-likeness (QED) is 0.535. The van der Waals surface area contributed by atoms with E-state index >= 15 is 0 Å². The molecule has 1 N–H and O–H groups in total. The molecule has 2 aliphatic rings. The predicted octanol–water partition coefficient (Wildman–Crippen LogP) is 0.419. The Morgan fingerprint density at radius 1 is 1.37 bits per heavy atom. The van der Waals surface area contributed by atoms with Gasteiger partial charge in [-0.2, -0.15) is 5.26 Å². The third-order valence-electron chi connectivity index (χ3n) is 5.31. The molecule has 0 aliphatic carbocycles. The number of carboxylic acid groups (broad SMARTS) is 1. The van der Waals surface area contributed by atoms with Gasteiger partial charge in [0, 0.05) is 22.1 Å². The number of pyridine rings is 1. The molecule has 0 radical (unpaired) electrons. The van der Waals surface area contributed by atoms with Gasteiger partial charge in [-0.05, 0) is 18.6 Å². The van der Waals surface area contributed by atoms with Crippen LogP contribution in [0.3, 0.4) is 0 Å². The van der Waals surface area contributed by atoms with Gasteiger partial charge in [-0.25, -0.2) is 4.57 Å². The summed E-state index contributed by atoms with van der Waals surface area (Å²) < 4.78 is 1.93. The molecule has 2 aromatic rings. The smallest absolute Gasteiger partial charge is 0.236 e. The van der Waals surface area contributed by atoms with E-state index in [9.17, 15) is 19.8 Å². The van der Waals surface area contributed by atoms with Crippen molar-refractivity contribution in [2.45, 2.75) is 31.4 Å². The van der Waals surface area contributed by atoms with Crippen molar-refractivity contribution in [3.63, 3.8) is 0 Å². The molecule has 3 atom stereocenters. The summed E-state index contributed by atoms with van der Waals surface area (Å²) in [6.07, 6.45) is 3.21. The van der Waals surface area contributed by atoms with Gasteiger partial charge in [0.25, 0.3) is 0 Å². The molecule has 7 nitrogen and oxygen atoms in total. The van der Waals surface area contributed by atoms with E-state index in [1.54, 1.807) is 0 Å². The molecule has 0 unspecified atom stereocenters. The zero-order valence-electron chi connectivity index (χ0n) is 16.2. The lowest BCUT2D eigenvalue weighted by molar-refractivity contribution is -0.688. The van der Waals surface area contributed by atoms with Crippen molar-refractivity contribution < 1.29 is 24.4 Å². The third kappa shape index (κ3) is 3.36. The Labute approximate surface area is 177 Å². The average Bonchev–Trinajstić information content (AvgIpc) is 3.04. The molecule has 1 aromatic heterocycles. The number of carboxylic acids is 1. The lowest BCUT2D eigenvalue weighted by Gasteiger charge is -2.44. The number of benzene rings is 1. The second-order valence-corrected chi connectivity index (χ2v) is 8.45. The summed E-state index contributed by atoms with van der Waals surface area (Å²) in [6, 6.07) is 13.3. The van der Waals surface area contributed by atoms with E-state index in [0.717, 1.165) is 11.1 Å². The minimum Gasteiger partial charge on any atom is -0.543 e. The second kappa shape index (κ2) is 7.94. The highest BCUT2D eigenvalue weighted by Gasteiger charge is 2.56.